The lowest BCUT2D eigenvalue weighted by molar-refractivity contribution is 0.611. The van der Waals surface area contributed by atoms with Gasteiger partial charge in [-0.3, -0.25) is 4.90 Å². The molecule has 0 amide bonds. The highest BCUT2D eigenvalue weighted by Crippen LogP contribution is 2.40. The minimum absolute atomic E-state index is 0.524. The molecule has 0 spiro atoms. The number of nitrogens with zero attached hydrogens (tertiary/aromatic N) is 3. The van der Waals surface area contributed by atoms with E-state index in [1.165, 1.54) is 21.8 Å². The van der Waals surface area contributed by atoms with E-state index in [1.807, 2.05) is 24.3 Å². The number of fused-ring (bicyclic) bond motifs is 6. The monoisotopic (exact) mass is 577 g/mol. The van der Waals surface area contributed by atoms with Gasteiger partial charge in [-0.25, -0.2) is 0 Å². The van der Waals surface area contributed by atoms with Gasteiger partial charge >= 0.3 is 6.01 Å². The van der Waals surface area contributed by atoms with Gasteiger partial charge in [-0.2, -0.15) is 4.98 Å². The summed E-state index contributed by atoms with van der Waals surface area (Å²) in [6.45, 7) is 0. The Hall–Kier alpha value is -6.13. The van der Waals surface area contributed by atoms with Gasteiger partial charge in [-0.1, -0.05) is 109 Å². The summed E-state index contributed by atoms with van der Waals surface area (Å²) >= 11 is 0. The van der Waals surface area contributed by atoms with E-state index < -0.39 is 0 Å². The third-order valence-electron chi connectivity index (χ3n) is 8.62. The van der Waals surface area contributed by atoms with Crippen LogP contribution >= 0.6 is 0 Å². The van der Waals surface area contributed by atoms with Crippen LogP contribution in [0, 0.1) is 0 Å². The lowest BCUT2D eigenvalue weighted by Crippen LogP contribution is -2.10. The van der Waals surface area contributed by atoms with Crippen LogP contribution in [0.5, 0.6) is 0 Å². The van der Waals surface area contributed by atoms with E-state index in [0.717, 1.165) is 50.1 Å². The van der Waals surface area contributed by atoms with Gasteiger partial charge in [0.2, 0.25) is 0 Å². The van der Waals surface area contributed by atoms with E-state index in [9.17, 15) is 0 Å². The van der Waals surface area contributed by atoms with Gasteiger partial charge in [0, 0.05) is 21.8 Å². The summed E-state index contributed by atoms with van der Waals surface area (Å²) < 4.78 is 8.96. The first-order valence-corrected chi connectivity index (χ1v) is 15.1. The Kier molecular flexibility index (Phi) is 5.78. The Morgan fingerprint density at radius 2 is 1.13 bits per heavy atom. The maximum absolute atomic E-state index is 6.63. The number of para-hydroxylation sites is 2. The molecule has 0 bridgehead atoms. The van der Waals surface area contributed by atoms with Crippen molar-refractivity contribution in [3.8, 4) is 16.8 Å². The predicted molar refractivity (Wildman–Crippen MR) is 186 cm³/mol. The van der Waals surface area contributed by atoms with Crippen molar-refractivity contribution in [1.82, 2.24) is 9.55 Å². The fraction of sp³-hybridized carbons (Fsp3) is 0. The van der Waals surface area contributed by atoms with Crippen LogP contribution in [0.2, 0.25) is 0 Å². The highest BCUT2D eigenvalue weighted by Gasteiger charge is 2.21. The fourth-order valence-electron chi connectivity index (χ4n) is 6.52. The Labute approximate surface area is 260 Å². The van der Waals surface area contributed by atoms with E-state index in [2.05, 4.69) is 149 Å². The smallest absolute Gasteiger partial charge is 0.307 e. The van der Waals surface area contributed by atoms with Crippen molar-refractivity contribution in [3.63, 3.8) is 0 Å². The van der Waals surface area contributed by atoms with Gasteiger partial charge in [0.05, 0.1) is 22.4 Å². The number of benzene rings is 7. The van der Waals surface area contributed by atoms with Crippen LogP contribution < -0.4 is 4.90 Å². The van der Waals surface area contributed by atoms with Crippen molar-refractivity contribution in [1.29, 1.82) is 0 Å². The summed E-state index contributed by atoms with van der Waals surface area (Å²) in [5, 5.41) is 4.67. The largest absolute Gasteiger partial charge is 0.422 e. The van der Waals surface area contributed by atoms with E-state index in [4.69, 9.17) is 9.40 Å². The zero-order valence-electron chi connectivity index (χ0n) is 24.3. The second-order valence-corrected chi connectivity index (χ2v) is 11.3. The zero-order chi connectivity index (χ0) is 29.7. The first-order chi connectivity index (χ1) is 22.3. The lowest BCUT2D eigenvalue weighted by atomic mass is 10.0. The summed E-state index contributed by atoms with van der Waals surface area (Å²) in [6.07, 6.45) is 0. The normalized spacial score (nSPS) is 11.6. The van der Waals surface area contributed by atoms with Crippen molar-refractivity contribution in [2.75, 3.05) is 4.90 Å². The second-order valence-electron chi connectivity index (χ2n) is 11.3. The van der Waals surface area contributed by atoms with E-state index in [0.29, 0.717) is 6.01 Å². The van der Waals surface area contributed by atoms with Gasteiger partial charge in [0.25, 0.3) is 0 Å². The van der Waals surface area contributed by atoms with Gasteiger partial charge < -0.3 is 8.98 Å². The van der Waals surface area contributed by atoms with E-state index in [1.54, 1.807) is 0 Å². The average molecular weight is 578 g/mol. The van der Waals surface area contributed by atoms with Crippen LogP contribution in [0.1, 0.15) is 0 Å². The summed E-state index contributed by atoms with van der Waals surface area (Å²) in [7, 11) is 0. The molecule has 2 aromatic heterocycles. The zero-order valence-corrected chi connectivity index (χ0v) is 24.3. The number of hydrogen-bond acceptors (Lipinski definition) is 3. The van der Waals surface area contributed by atoms with Gasteiger partial charge in [-0.15, -0.1) is 0 Å². The fourth-order valence-corrected chi connectivity index (χ4v) is 6.52. The molecule has 7 aromatic carbocycles. The molecule has 0 unspecified atom stereocenters. The summed E-state index contributed by atoms with van der Waals surface area (Å²) in [5.41, 5.74) is 9.29. The minimum atomic E-state index is 0.524. The predicted octanol–water partition coefficient (Wildman–Crippen LogP) is 11.2. The topological polar surface area (TPSA) is 34.2 Å². The molecule has 45 heavy (non-hydrogen) atoms. The standard InChI is InChI=1S/C41H27N3O/c1-2-11-28(12-3-1)30-14-10-15-33(27-30)43(41-42-37-26-21-29-13-4-5-16-34(29)40(37)45-41)31-22-24-32(25-23-31)44-38-19-8-6-17-35(38)36-18-7-9-20-39(36)44/h1-27H. The Balaban J connectivity index is 1.22. The van der Waals surface area contributed by atoms with Crippen molar-refractivity contribution in [2.24, 2.45) is 0 Å². The molecule has 9 aromatic rings. The third-order valence-corrected chi connectivity index (χ3v) is 8.62. The van der Waals surface area contributed by atoms with Gasteiger partial charge in [-0.05, 0) is 71.1 Å². The molecular weight excluding hydrogens is 550 g/mol. The maximum atomic E-state index is 6.63. The van der Waals surface area contributed by atoms with Gasteiger partial charge in [0.15, 0.2) is 5.58 Å². The number of oxazole rings is 1. The molecule has 0 saturated carbocycles. The first kappa shape index (κ1) is 25.4. The van der Waals surface area contributed by atoms with Crippen LogP contribution in [0.25, 0.3) is 60.5 Å². The first-order valence-electron chi connectivity index (χ1n) is 15.1. The third kappa shape index (κ3) is 4.19. The number of aromatic nitrogens is 2. The number of rotatable bonds is 5. The Morgan fingerprint density at radius 1 is 0.489 bits per heavy atom. The van der Waals surface area contributed by atoms with Crippen LogP contribution in [0.15, 0.2) is 168 Å². The molecular formula is C41H27N3O. The molecule has 0 aliphatic heterocycles. The van der Waals surface area contributed by atoms with Crippen LogP contribution in [-0.2, 0) is 0 Å². The molecule has 4 nitrogen and oxygen atoms in total. The van der Waals surface area contributed by atoms with E-state index in [-0.39, 0.29) is 0 Å². The summed E-state index contributed by atoms with van der Waals surface area (Å²) in [6, 6.07) is 57.8. The molecule has 0 radical (unpaired) electrons. The lowest BCUT2D eigenvalue weighted by Gasteiger charge is -2.22. The van der Waals surface area contributed by atoms with Crippen molar-refractivity contribution in [2.45, 2.75) is 0 Å². The maximum Gasteiger partial charge on any atom is 0.307 e. The van der Waals surface area contributed by atoms with Crippen molar-refractivity contribution >= 4 is 61.1 Å². The second kappa shape index (κ2) is 10.2. The highest BCUT2D eigenvalue weighted by molar-refractivity contribution is 6.09. The van der Waals surface area contributed by atoms with Crippen LogP contribution in [0.3, 0.4) is 0 Å². The van der Waals surface area contributed by atoms with Crippen LogP contribution in [0.4, 0.5) is 17.4 Å². The SMILES string of the molecule is c1ccc(-c2cccc(N(c3ccc(-n4c5ccccc5c5ccccc54)cc3)c3nc4ccc5ccccc5c4o3)c2)cc1. The van der Waals surface area contributed by atoms with Gasteiger partial charge in [0.1, 0.15) is 5.52 Å². The minimum Gasteiger partial charge on any atom is -0.422 e. The number of anilines is 3. The highest BCUT2D eigenvalue weighted by atomic mass is 16.4. The molecule has 0 saturated heterocycles. The molecule has 0 aliphatic carbocycles. The quantitative estimate of drug-likeness (QED) is 0.204. The molecule has 4 heteroatoms. The molecule has 0 N–H and O–H groups in total. The number of hydrogen-bond donors (Lipinski definition) is 0. The summed E-state index contributed by atoms with van der Waals surface area (Å²) in [4.78, 5) is 7.13. The molecule has 9 rings (SSSR count). The molecule has 2 heterocycles. The molecule has 0 atom stereocenters. The Bertz CT molecular complexity index is 2440. The van der Waals surface area contributed by atoms with E-state index >= 15 is 0 Å². The molecule has 212 valence electrons. The van der Waals surface area contributed by atoms with Crippen molar-refractivity contribution < 1.29 is 4.42 Å². The average Bonchev–Trinajstić information content (AvgIpc) is 3.69. The summed E-state index contributed by atoms with van der Waals surface area (Å²) in [5.74, 6) is 0. The van der Waals surface area contributed by atoms with Crippen LogP contribution in [-0.4, -0.2) is 9.55 Å². The van der Waals surface area contributed by atoms with Crippen molar-refractivity contribution in [3.05, 3.63) is 164 Å². The molecule has 0 fully saturated rings. The Morgan fingerprint density at radius 3 is 1.89 bits per heavy atom. The molecule has 0 aliphatic rings.